The maximum absolute atomic E-state index is 12.9. The zero-order chi connectivity index (χ0) is 19.5. The molecule has 0 bridgehead atoms. The minimum absolute atomic E-state index is 0.0449. The predicted octanol–water partition coefficient (Wildman–Crippen LogP) is 2.19. The summed E-state index contributed by atoms with van der Waals surface area (Å²) in [5, 5.41) is 5.81. The molecule has 0 saturated carbocycles. The van der Waals surface area contributed by atoms with Crippen LogP contribution in [0.15, 0.2) is 48.5 Å². The molecule has 4 rings (SSSR count). The highest BCUT2D eigenvalue weighted by molar-refractivity contribution is 5.86. The molecule has 28 heavy (non-hydrogen) atoms. The molecule has 0 radical (unpaired) electrons. The minimum Gasteiger partial charge on any atom is -0.477 e. The summed E-state index contributed by atoms with van der Waals surface area (Å²) in [6.07, 6.45) is 2.44. The topological polar surface area (TPSA) is 70.7 Å². The third-order valence-corrected chi connectivity index (χ3v) is 5.44. The summed E-state index contributed by atoms with van der Waals surface area (Å²) in [6.45, 7) is 0.526. The van der Waals surface area contributed by atoms with Gasteiger partial charge in [-0.15, -0.1) is 0 Å². The molecule has 1 heterocycles. The Morgan fingerprint density at radius 2 is 1.93 bits per heavy atom. The molecule has 2 unspecified atom stereocenters. The first-order valence-electron chi connectivity index (χ1n) is 9.75. The summed E-state index contributed by atoms with van der Waals surface area (Å²) >= 11 is 0. The lowest BCUT2D eigenvalue weighted by Gasteiger charge is -2.35. The first-order valence-corrected chi connectivity index (χ1v) is 9.75. The predicted molar refractivity (Wildman–Crippen MR) is 107 cm³/mol. The number of nitrogens with zero attached hydrogens (tertiary/aromatic N) is 1. The molecule has 2 N–H and O–H groups in total. The maximum atomic E-state index is 12.9. The van der Waals surface area contributed by atoms with Gasteiger partial charge in [-0.3, -0.25) is 9.59 Å². The second-order valence-corrected chi connectivity index (χ2v) is 7.28. The largest absolute Gasteiger partial charge is 0.477 e. The van der Waals surface area contributed by atoms with Crippen LogP contribution < -0.4 is 20.3 Å². The first-order chi connectivity index (χ1) is 13.7. The van der Waals surface area contributed by atoms with Gasteiger partial charge in [0, 0.05) is 7.05 Å². The number of carbonyl (C=O) groups excluding carboxylic acids is 2. The van der Waals surface area contributed by atoms with Crippen LogP contribution in [-0.4, -0.2) is 38.1 Å². The maximum Gasteiger partial charge on any atom is 0.262 e. The molecule has 1 aliphatic carbocycles. The number of para-hydroxylation sites is 2. The van der Waals surface area contributed by atoms with E-state index in [9.17, 15) is 9.59 Å². The highest BCUT2D eigenvalue weighted by Crippen LogP contribution is 2.33. The van der Waals surface area contributed by atoms with Gasteiger partial charge in [0.2, 0.25) is 5.91 Å². The first kappa shape index (κ1) is 18.3. The van der Waals surface area contributed by atoms with Crippen molar-refractivity contribution in [2.45, 2.75) is 31.4 Å². The van der Waals surface area contributed by atoms with Gasteiger partial charge in [0.1, 0.15) is 5.75 Å². The molecule has 2 atom stereocenters. The van der Waals surface area contributed by atoms with E-state index in [0.717, 1.165) is 24.9 Å². The van der Waals surface area contributed by atoms with Gasteiger partial charge in [-0.2, -0.15) is 0 Å². The number of rotatable bonds is 4. The summed E-state index contributed by atoms with van der Waals surface area (Å²) in [5.74, 6) is 0.383. The molecule has 2 aliphatic rings. The molecular formula is C22H25N3O3. The number of hydrogen-bond donors (Lipinski definition) is 2. The summed E-state index contributed by atoms with van der Waals surface area (Å²) in [4.78, 5) is 26.9. The van der Waals surface area contributed by atoms with Gasteiger partial charge in [-0.1, -0.05) is 36.4 Å². The van der Waals surface area contributed by atoms with Crippen LogP contribution in [0, 0.1) is 0 Å². The summed E-state index contributed by atoms with van der Waals surface area (Å²) in [7, 11) is 1.59. The molecule has 146 valence electrons. The van der Waals surface area contributed by atoms with Gasteiger partial charge in [0.25, 0.3) is 5.91 Å². The van der Waals surface area contributed by atoms with Crippen LogP contribution in [0.2, 0.25) is 0 Å². The summed E-state index contributed by atoms with van der Waals surface area (Å²) in [6, 6.07) is 15.9. The fourth-order valence-corrected chi connectivity index (χ4v) is 4.07. The Labute approximate surface area is 164 Å². The van der Waals surface area contributed by atoms with E-state index in [1.54, 1.807) is 7.05 Å². The van der Waals surface area contributed by atoms with Crippen molar-refractivity contribution in [3.05, 3.63) is 59.7 Å². The number of carbonyl (C=O) groups is 2. The molecular weight excluding hydrogens is 354 g/mol. The highest BCUT2D eigenvalue weighted by atomic mass is 16.5. The number of aryl methyl sites for hydroxylation is 1. The van der Waals surface area contributed by atoms with E-state index < -0.39 is 6.10 Å². The lowest BCUT2D eigenvalue weighted by Crippen LogP contribution is -2.51. The highest BCUT2D eigenvalue weighted by Gasteiger charge is 2.31. The average molecular weight is 379 g/mol. The SMILES string of the molecule is CNC(=O)C1CN(CC(=O)NC2CCCc3ccccc32)c2ccccc2O1. The Balaban J connectivity index is 1.49. The third kappa shape index (κ3) is 3.67. The normalized spacial score (nSPS) is 20.4. The molecule has 0 spiro atoms. The number of likely N-dealkylation sites (N-methyl/N-ethyl adjacent to an activating group) is 1. The standard InChI is InChI=1S/C22H25N3O3/c1-23-22(27)20-13-25(18-11-4-5-12-19(18)28-20)14-21(26)24-17-10-6-8-15-7-2-3-9-16(15)17/h2-5,7,9,11-12,17,20H,6,8,10,13-14H2,1H3,(H,23,27)(H,24,26). The second-order valence-electron chi connectivity index (χ2n) is 7.28. The lowest BCUT2D eigenvalue weighted by molar-refractivity contribution is -0.127. The van der Waals surface area contributed by atoms with E-state index in [0.29, 0.717) is 12.3 Å². The molecule has 2 aromatic carbocycles. The van der Waals surface area contributed by atoms with Crippen LogP contribution in [0.4, 0.5) is 5.69 Å². The molecule has 0 saturated heterocycles. The van der Waals surface area contributed by atoms with E-state index in [1.165, 1.54) is 11.1 Å². The summed E-state index contributed by atoms with van der Waals surface area (Å²) < 4.78 is 5.81. The van der Waals surface area contributed by atoms with Crippen LogP contribution in [0.5, 0.6) is 5.75 Å². The number of amides is 2. The van der Waals surface area contributed by atoms with Gasteiger partial charge in [0.05, 0.1) is 24.8 Å². The van der Waals surface area contributed by atoms with E-state index in [1.807, 2.05) is 41.3 Å². The summed E-state index contributed by atoms with van der Waals surface area (Å²) in [5.41, 5.74) is 3.37. The van der Waals surface area contributed by atoms with Crippen molar-refractivity contribution in [1.29, 1.82) is 0 Å². The van der Waals surface area contributed by atoms with Crippen molar-refractivity contribution in [1.82, 2.24) is 10.6 Å². The number of hydrogen-bond acceptors (Lipinski definition) is 4. The molecule has 2 aromatic rings. The van der Waals surface area contributed by atoms with E-state index in [4.69, 9.17) is 4.74 Å². The molecule has 0 fully saturated rings. The Kier molecular flexibility index (Phi) is 5.19. The smallest absolute Gasteiger partial charge is 0.262 e. The third-order valence-electron chi connectivity index (χ3n) is 5.44. The van der Waals surface area contributed by atoms with Crippen LogP contribution >= 0.6 is 0 Å². The molecule has 6 heteroatoms. The van der Waals surface area contributed by atoms with Crippen molar-refractivity contribution in [3.63, 3.8) is 0 Å². The van der Waals surface area contributed by atoms with Crippen LogP contribution in [0.1, 0.15) is 30.0 Å². The second kappa shape index (κ2) is 7.92. The molecule has 6 nitrogen and oxygen atoms in total. The molecule has 2 amide bonds. The quantitative estimate of drug-likeness (QED) is 0.854. The number of anilines is 1. The Hall–Kier alpha value is -3.02. The number of benzene rings is 2. The van der Waals surface area contributed by atoms with E-state index in [-0.39, 0.29) is 24.4 Å². The van der Waals surface area contributed by atoms with Crippen molar-refractivity contribution >= 4 is 17.5 Å². The molecule has 1 aliphatic heterocycles. The Morgan fingerprint density at radius 3 is 2.79 bits per heavy atom. The lowest BCUT2D eigenvalue weighted by atomic mass is 9.88. The van der Waals surface area contributed by atoms with Crippen LogP contribution in [0.3, 0.4) is 0 Å². The minimum atomic E-state index is -0.636. The molecule has 0 aromatic heterocycles. The number of ether oxygens (including phenoxy) is 1. The van der Waals surface area contributed by atoms with Crippen molar-refractivity contribution < 1.29 is 14.3 Å². The van der Waals surface area contributed by atoms with Gasteiger partial charge in [-0.05, 0) is 42.5 Å². The van der Waals surface area contributed by atoms with Gasteiger partial charge in [0.15, 0.2) is 6.10 Å². The fraction of sp³-hybridized carbons (Fsp3) is 0.364. The zero-order valence-electron chi connectivity index (χ0n) is 16.0. The monoisotopic (exact) mass is 379 g/mol. The van der Waals surface area contributed by atoms with E-state index in [2.05, 4.69) is 22.8 Å². The number of nitrogens with one attached hydrogen (secondary N) is 2. The average Bonchev–Trinajstić information content (AvgIpc) is 2.73. The Morgan fingerprint density at radius 1 is 1.14 bits per heavy atom. The van der Waals surface area contributed by atoms with Crippen molar-refractivity contribution in [2.75, 3.05) is 25.0 Å². The van der Waals surface area contributed by atoms with Crippen molar-refractivity contribution in [2.24, 2.45) is 0 Å². The number of fused-ring (bicyclic) bond motifs is 2. The zero-order valence-corrected chi connectivity index (χ0v) is 16.0. The van der Waals surface area contributed by atoms with Crippen LogP contribution in [0.25, 0.3) is 0 Å². The fourth-order valence-electron chi connectivity index (χ4n) is 4.07. The van der Waals surface area contributed by atoms with Gasteiger partial charge in [-0.25, -0.2) is 0 Å². The van der Waals surface area contributed by atoms with Gasteiger partial charge >= 0.3 is 0 Å². The van der Waals surface area contributed by atoms with E-state index >= 15 is 0 Å². The van der Waals surface area contributed by atoms with Crippen molar-refractivity contribution in [3.8, 4) is 5.75 Å². The van der Waals surface area contributed by atoms with Gasteiger partial charge < -0.3 is 20.3 Å². The van der Waals surface area contributed by atoms with Crippen LogP contribution in [-0.2, 0) is 16.0 Å². The Bertz CT molecular complexity index is 883.